The highest BCUT2D eigenvalue weighted by molar-refractivity contribution is 6.04. The van der Waals surface area contributed by atoms with Crippen molar-refractivity contribution in [2.75, 3.05) is 37.6 Å². The number of rotatable bonds is 6. The highest BCUT2D eigenvalue weighted by Crippen LogP contribution is 2.42. The minimum Gasteiger partial charge on any atom is -0.370 e. The first-order chi connectivity index (χ1) is 20.7. The SMILES string of the molecule is C=C1CCC(N(C=O)C(=O)c2cc3c(cc2C)CN(CC(=O)N2CCC4(CC2)CCN(c2cccnc2)CC4)C3)C(=O)N1. The number of fused-ring (bicyclic) bond motifs is 1. The highest BCUT2D eigenvalue weighted by Gasteiger charge is 2.39. The molecule has 1 aromatic heterocycles. The van der Waals surface area contributed by atoms with E-state index >= 15 is 0 Å². The summed E-state index contributed by atoms with van der Waals surface area (Å²) in [5.74, 6) is -0.717. The minimum atomic E-state index is -0.852. The van der Waals surface area contributed by atoms with Crippen LogP contribution in [0.5, 0.6) is 0 Å². The monoisotopic (exact) mass is 584 g/mol. The van der Waals surface area contributed by atoms with Gasteiger partial charge in [-0.25, -0.2) is 0 Å². The maximum Gasteiger partial charge on any atom is 0.261 e. The zero-order chi connectivity index (χ0) is 30.1. The number of nitrogens with zero attached hydrogens (tertiary/aromatic N) is 5. The van der Waals surface area contributed by atoms with Crippen LogP contribution in [0, 0.1) is 12.3 Å². The quantitative estimate of drug-likeness (QED) is 0.521. The normalized spacial score (nSPS) is 21.8. The van der Waals surface area contributed by atoms with Crippen molar-refractivity contribution in [3.05, 3.63) is 71.2 Å². The number of anilines is 1. The van der Waals surface area contributed by atoms with E-state index in [0.717, 1.165) is 73.5 Å². The van der Waals surface area contributed by atoms with E-state index in [4.69, 9.17) is 0 Å². The van der Waals surface area contributed by atoms with Gasteiger partial charge in [-0.3, -0.25) is 34.0 Å². The summed E-state index contributed by atoms with van der Waals surface area (Å²) in [6, 6.07) is 7.06. The Bertz CT molecular complexity index is 1420. The zero-order valence-corrected chi connectivity index (χ0v) is 24.9. The van der Waals surface area contributed by atoms with Gasteiger partial charge in [-0.1, -0.05) is 12.6 Å². The number of hydrogen-bond donors (Lipinski definition) is 1. The average Bonchev–Trinajstić information content (AvgIpc) is 3.40. The Morgan fingerprint density at radius 1 is 1.12 bits per heavy atom. The molecule has 4 aliphatic heterocycles. The number of imide groups is 1. The number of nitrogens with one attached hydrogen (secondary N) is 1. The first-order valence-corrected chi connectivity index (χ1v) is 15.3. The molecule has 4 amide bonds. The molecule has 3 fully saturated rings. The molecule has 1 atom stereocenters. The Morgan fingerprint density at radius 3 is 2.47 bits per heavy atom. The lowest BCUT2D eigenvalue weighted by Gasteiger charge is -2.47. The second kappa shape index (κ2) is 11.9. The molecule has 1 unspecified atom stereocenters. The second-order valence-corrected chi connectivity index (χ2v) is 12.6. The van der Waals surface area contributed by atoms with Crippen LogP contribution in [0.4, 0.5) is 5.69 Å². The highest BCUT2D eigenvalue weighted by atomic mass is 16.2. The van der Waals surface area contributed by atoms with E-state index in [9.17, 15) is 19.2 Å². The van der Waals surface area contributed by atoms with Gasteiger partial charge in [0.25, 0.3) is 5.91 Å². The van der Waals surface area contributed by atoms with Crippen molar-refractivity contribution in [1.82, 2.24) is 25.0 Å². The number of benzene rings is 1. The fraction of sp³-hybridized carbons (Fsp3) is 0.485. The first kappa shape index (κ1) is 29.0. The Hall–Kier alpha value is -4.05. The number of carbonyl (C=O) groups is 4. The summed E-state index contributed by atoms with van der Waals surface area (Å²) in [6.45, 7) is 10.8. The van der Waals surface area contributed by atoms with Crippen LogP contribution in [0.3, 0.4) is 0 Å². The molecule has 10 heteroatoms. The number of hydrogen-bond acceptors (Lipinski definition) is 7. The van der Waals surface area contributed by atoms with Gasteiger partial charge in [-0.05, 0) is 85.8 Å². The summed E-state index contributed by atoms with van der Waals surface area (Å²) in [5.41, 5.74) is 5.33. The molecule has 5 heterocycles. The molecule has 6 rings (SSSR count). The Balaban J connectivity index is 1.03. The molecular weight excluding hydrogens is 544 g/mol. The summed E-state index contributed by atoms with van der Waals surface area (Å²) in [7, 11) is 0. The van der Waals surface area contributed by atoms with Crippen molar-refractivity contribution in [3.8, 4) is 0 Å². The second-order valence-electron chi connectivity index (χ2n) is 12.6. The predicted octanol–water partition coefficient (Wildman–Crippen LogP) is 3.01. The molecule has 3 saturated heterocycles. The molecule has 1 spiro atoms. The third-order valence-electron chi connectivity index (χ3n) is 9.94. The van der Waals surface area contributed by atoms with Crippen LogP contribution in [0.15, 0.2) is 48.9 Å². The molecule has 43 heavy (non-hydrogen) atoms. The summed E-state index contributed by atoms with van der Waals surface area (Å²) in [4.78, 5) is 63.0. The van der Waals surface area contributed by atoms with Crippen molar-refractivity contribution >= 4 is 29.8 Å². The van der Waals surface area contributed by atoms with Crippen LogP contribution in [-0.2, 0) is 27.5 Å². The molecule has 10 nitrogen and oxygen atoms in total. The average molecular weight is 585 g/mol. The van der Waals surface area contributed by atoms with E-state index in [2.05, 4.69) is 32.7 Å². The van der Waals surface area contributed by atoms with Crippen LogP contribution in [-0.4, -0.2) is 82.6 Å². The van der Waals surface area contributed by atoms with E-state index < -0.39 is 11.9 Å². The van der Waals surface area contributed by atoms with E-state index in [1.54, 1.807) is 0 Å². The third kappa shape index (κ3) is 5.93. The van der Waals surface area contributed by atoms with Crippen molar-refractivity contribution in [2.24, 2.45) is 5.41 Å². The number of amides is 4. The molecule has 0 radical (unpaired) electrons. The first-order valence-electron chi connectivity index (χ1n) is 15.3. The van der Waals surface area contributed by atoms with Crippen molar-refractivity contribution in [3.63, 3.8) is 0 Å². The predicted molar refractivity (Wildman–Crippen MR) is 162 cm³/mol. The van der Waals surface area contributed by atoms with Crippen molar-refractivity contribution in [1.29, 1.82) is 0 Å². The molecule has 0 bridgehead atoms. The van der Waals surface area contributed by atoms with Gasteiger partial charge in [0.2, 0.25) is 18.2 Å². The number of allylic oxidation sites excluding steroid dienone is 1. The number of pyridine rings is 1. The van der Waals surface area contributed by atoms with Gasteiger partial charge in [0.05, 0.1) is 18.4 Å². The molecule has 1 aromatic carbocycles. The Labute approximate surface area is 252 Å². The fourth-order valence-electron chi connectivity index (χ4n) is 7.22. The molecule has 4 aliphatic rings. The Morgan fingerprint density at radius 2 is 1.81 bits per heavy atom. The van der Waals surface area contributed by atoms with E-state index in [0.29, 0.717) is 55.6 Å². The van der Waals surface area contributed by atoms with Gasteiger partial charge in [-0.2, -0.15) is 0 Å². The molecular formula is C33H40N6O4. The van der Waals surface area contributed by atoms with E-state index in [1.165, 1.54) is 5.69 Å². The van der Waals surface area contributed by atoms with Gasteiger partial charge < -0.3 is 15.1 Å². The molecule has 2 aromatic rings. The minimum absolute atomic E-state index is 0.153. The van der Waals surface area contributed by atoms with Crippen LogP contribution >= 0.6 is 0 Å². The number of aryl methyl sites for hydroxylation is 1. The largest absolute Gasteiger partial charge is 0.370 e. The number of piperidine rings is 3. The van der Waals surface area contributed by atoms with Gasteiger partial charge in [0.1, 0.15) is 6.04 Å². The lowest BCUT2D eigenvalue weighted by Crippen LogP contribution is -2.51. The van der Waals surface area contributed by atoms with E-state index in [1.807, 2.05) is 42.4 Å². The number of aromatic nitrogens is 1. The van der Waals surface area contributed by atoms with Gasteiger partial charge in [-0.15, -0.1) is 0 Å². The summed E-state index contributed by atoms with van der Waals surface area (Å²) in [5, 5.41) is 2.65. The topological polar surface area (TPSA) is 106 Å². The molecule has 0 saturated carbocycles. The summed E-state index contributed by atoms with van der Waals surface area (Å²) in [6.07, 6.45) is 9.45. The van der Waals surface area contributed by atoms with Crippen molar-refractivity contribution < 1.29 is 19.2 Å². The van der Waals surface area contributed by atoms with Crippen LogP contribution in [0.25, 0.3) is 0 Å². The molecule has 1 N–H and O–H groups in total. The van der Waals surface area contributed by atoms with Crippen molar-refractivity contribution in [2.45, 2.75) is 64.6 Å². The maximum absolute atomic E-state index is 13.4. The summed E-state index contributed by atoms with van der Waals surface area (Å²) >= 11 is 0. The lowest BCUT2D eigenvalue weighted by atomic mass is 9.71. The number of carbonyl (C=O) groups excluding carboxylic acids is 4. The zero-order valence-electron chi connectivity index (χ0n) is 24.9. The maximum atomic E-state index is 13.4. The lowest BCUT2D eigenvalue weighted by molar-refractivity contribution is -0.135. The van der Waals surface area contributed by atoms with Crippen LogP contribution < -0.4 is 10.2 Å². The Kier molecular flexibility index (Phi) is 8.05. The third-order valence-corrected chi connectivity index (χ3v) is 9.94. The number of likely N-dealkylation sites (tertiary alicyclic amines) is 1. The summed E-state index contributed by atoms with van der Waals surface area (Å²) < 4.78 is 0. The van der Waals surface area contributed by atoms with E-state index in [-0.39, 0.29) is 11.8 Å². The smallest absolute Gasteiger partial charge is 0.261 e. The fourth-order valence-corrected chi connectivity index (χ4v) is 7.22. The standard InChI is InChI=1S/C33H40N6O4/c1-23-16-25-19-36(20-26(25)17-28(23)32(43)39(22-40)29-6-5-24(2)35-31(29)42)21-30(41)38-14-9-33(10-15-38)7-12-37(13-8-33)27-4-3-11-34-18-27/h3-4,11,16-18,22,29H,2,5-10,12-15,19-21H2,1H3,(H,35,42). The molecule has 226 valence electrons. The molecule has 0 aliphatic carbocycles. The van der Waals surface area contributed by atoms with Crippen LogP contribution in [0.2, 0.25) is 0 Å². The van der Waals surface area contributed by atoms with Crippen LogP contribution in [0.1, 0.15) is 65.6 Å². The van der Waals surface area contributed by atoms with Gasteiger partial charge >= 0.3 is 0 Å². The van der Waals surface area contributed by atoms with Gasteiger partial charge in [0, 0.05) is 56.7 Å². The van der Waals surface area contributed by atoms with Gasteiger partial charge in [0.15, 0.2) is 0 Å².